The predicted molar refractivity (Wildman–Crippen MR) is 127 cm³/mol. The number of hydrogen-bond acceptors (Lipinski definition) is 3. The second-order valence-electron chi connectivity index (χ2n) is 8.16. The molecule has 0 fully saturated rings. The van der Waals surface area contributed by atoms with Crippen molar-refractivity contribution in [1.82, 2.24) is 0 Å². The molecule has 0 saturated heterocycles. The minimum Gasteiger partial charge on any atom is -0.426 e. The van der Waals surface area contributed by atoms with E-state index in [1.54, 1.807) is 0 Å². The third-order valence-corrected chi connectivity index (χ3v) is 5.04. The summed E-state index contributed by atoms with van der Waals surface area (Å²) in [7, 11) is 0. The van der Waals surface area contributed by atoms with Gasteiger partial charge < -0.3 is 9.84 Å². The molecule has 0 saturated carbocycles. The van der Waals surface area contributed by atoms with Crippen molar-refractivity contribution in [2.45, 2.75) is 103 Å². The SMILES string of the molecule is CCCCCCCCC/C=C\C/C=C\C/C=C\C/C=C\CCC1=CC(C)(O)OC1=O. The summed E-state index contributed by atoms with van der Waals surface area (Å²) in [5.74, 6) is -1.84. The van der Waals surface area contributed by atoms with Crippen LogP contribution in [0.25, 0.3) is 0 Å². The van der Waals surface area contributed by atoms with Gasteiger partial charge in [0.05, 0.1) is 0 Å². The first-order valence-electron chi connectivity index (χ1n) is 11.8. The molecule has 0 radical (unpaired) electrons. The molecule has 30 heavy (non-hydrogen) atoms. The number of aliphatic hydroxyl groups is 1. The van der Waals surface area contributed by atoms with Crippen LogP contribution >= 0.6 is 0 Å². The highest BCUT2D eigenvalue weighted by Gasteiger charge is 2.32. The fourth-order valence-corrected chi connectivity index (χ4v) is 3.35. The predicted octanol–water partition coefficient (Wildman–Crippen LogP) is 7.49. The summed E-state index contributed by atoms with van der Waals surface area (Å²) < 4.78 is 4.83. The molecule has 1 N–H and O–H groups in total. The van der Waals surface area contributed by atoms with Gasteiger partial charge in [0.15, 0.2) is 0 Å². The van der Waals surface area contributed by atoms with Crippen molar-refractivity contribution in [2.24, 2.45) is 0 Å². The number of unbranched alkanes of at least 4 members (excludes halogenated alkanes) is 7. The lowest BCUT2D eigenvalue weighted by molar-refractivity contribution is -0.172. The number of esters is 1. The van der Waals surface area contributed by atoms with Crippen molar-refractivity contribution in [3.8, 4) is 0 Å². The first kappa shape index (κ1) is 26.2. The molecule has 1 aliphatic rings. The number of rotatable bonds is 17. The molecule has 0 aromatic rings. The molecule has 0 aromatic heterocycles. The number of carbonyl (C=O) groups is 1. The molecule has 1 heterocycles. The molecule has 0 bridgehead atoms. The molecule has 168 valence electrons. The summed E-state index contributed by atoms with van der Waals surface area (Å²) in [6.07, 6.45) is 34.1. The number of carbonyl (C=O) groups excluding carboxylic acids is 1. The summed E-state index contributed by atoms with van der Waals surface area (Å²) in [4.78, 5) is 11.5. The van der Waals surface area contributed by atoms with Crippen LogP contribution in [0.5, 0.6) is 0 Å². The van der Waals surface area contributed by atoms with Crippen molar-refractivity contribution < 1.29 is 14.6 Å². The second-order valence-corrected chi connectivity index (χ2v) is 8.16. The van der Waals surface area contributed by atoms with E-state index in [9.17, 15) is 9.90 Å². The van der Waals surface area contributed by atoms with Gasteiger partial charge in [0.1, 0.15) is 0 Å². The van der Waals surface area contributed by atoms with Crippen LogP contribution in [0.15, 0.2) is 60.3 Å². The average Bonchev–Trinajstić information content (AvgIpc) is 2.97. The molecule has 1 aliphatic heterocycles. The molecule has 0 amide bonds. The molecule has 1 unspecified atom stereocenters. The summed E-state index contributed by atoms with van der Waals surface area (Å²) >= 11 is 0. The van der Waals surface area contributed by atoms with E-state index in [4.69, 9.17) is 4.74 Å². The molecule has 0 aliphatic carbocycles. The molecule has 1 atom stereocenters. The molecule has 3 nitrogen and oxygen atoms in total. The van der Waals surface area contributed by atoms with E-state index in [0.29, 0.717) is 12.0 Å². The van der Waals surface area contributed by atoms with Crippen LogP contribution in [0, 0.1) is 0 Å². The Hall–Kier alpha value is -1.87. The Kier molecular flexibility index (Phi) is 14.7. The minimum atomic E-state index is -1.43. The lowest BCUT2D eigenvalue weighted by Crippen LogP contribution is -2.22. The summed E-state index contributed by atoms with van der Waals surface area (Å²) in [6, 6.07) is 0. The third kappa shape index (κ3) is 14.2. The van der Waals surface area contributed by atoms with E-state index in [1.807, 2.05) is 0 Å². The van der Waals surface area contributed by atoms with Gasteiger partial charge >= 0.3 is 5.97 Å². The molecular weight excluding hydrogens is 372 g/mol. The van der Waals surface area contributed by atoms with E-state index in [2.05, 4.69) is 55.5 Å². The van der Waals surface area contributed by atoms with Crippen LogP contribution in [0.3, 0.4) is 0 Å². The maximum Gasteiger partial charge on any atom is 0.336 e. The zero-order chi connectivity index (χ0) is 21.9. The standard InChI is InChI=1S/C27H42O3/c1-3-4-5-6-7-8-9-10-11-12-13-14-15-16-17-18-19-20-21-22-23-25-24-27(2,29)30-26(25)28/h11-12,14-15,17-18,20-21,24,29H,3-10,13,16,19,22-23H2,1-2H3/b12-11-,15-14-,18-17-,21-20-. The molecular formula is C27H42O3. The second kappa shape index (κ2) is 16.9. The normalized spacial score (nSPS) is 19.7. The van der Waals surface area contributed by atoms with Gasteiger partial charge in [-0.2, -0.15) is 0 Å². The largest absolute Gasteiger partial charge is 0.426 e. The summed E-state index contributed by atoms with van der Waals surface area (Å²) in [6.45, 7) is 3.74. The molecule has 3 heteroatoms. The van der Waals surface area contributed by atoms with Crippen LogP contribution in [-0.4, -0.2) is 16.9 Å². The van der Waals surface area contributed by atoms with Crippen LogP contribution in [-0.2, 0) is 9.53 Å². The van der Waals surface area contributed by atoms with Gasteiger partial charge in [0.2, 0.25) is 5.79 Å². The van der Waals surface area contributed by atoms with Crippen molar-refractivity contribution in [1.29, 1.82) is 0 Å². The topological polar surface area (TPSA) is 46.5 Å². The van der Waals surface area contributed by atoms with Gasteiger partial charge in [0.25, 0.3) is 0 Å². The number of allylic oxidation sites excluding steroid dienone is 8. The van der Waals surface area contributed by atoms with Crippen molar-refractivity contribution in [3.05, 3.63) is 60.3 Å². The highest BCUT2D eigenvalue weighted by atomic mass is 16.7. The van der Waals surface area contributed by atoms with Gasteiger partial charge in [-0.25, -0.2) is 4.79 Å². The Morgan fingerprint density at radius 2 is 1.30 bits per heavy atom. The van der Waals surface area contributed by atoms with E-state index in [0.717, 1.165) is 25.7 Å². The maximum absolute atomic E-state index is 11.5. The van der Waals surface area contributed by atoms with Gasteiger partial charge in [-0.05, 0) is 51.0 Å². The summed E-state index contributed by atoms with van der Waals surface area (Å²) in [5, 5.41) is 9.64. The Labute approximate surface area is 184 Å². The lowest BCUT2D eigenvalue weighted by atomic mass is 10.1. The van der Waals surface area contributed by atoms with E-state index >= 15 is 0 Å². The molecule has 0 spiro atoms. The Bertz CT molecular complexity index is 606. The number of hydrogen-bond donors (Lipinski definition) is 1. The Morgan fingerprint density at radius 3 is 1.83 bits per heavy atom. The van der Waals surface area contributed by atoms with E-state index in [1.165, 1.54) is 64.4 Å². The average molecular weight is 415 g/mol. The number of ether oxygens (including phenoxy) is 1. The quantitative estimate of drug-likeness (QED) is 0.152. The maximum atomic E-state index is 11.5. The fourth-order valence-electron chi connectivity index (χ4n) is 3.35. The minimum absolute atomic E-state index is 0.410. The fraction of sp³-hybridized carbons (Fsp3) is 0.593. The van der Waals surface area contributed by atoms with Crippen LogP contribution in [0.1, 0.15) is 97.3 Å². The molecule has 1 rings (SSSR count). The number of cyclic esters (lactones) is 1. The van der Waals surface area contributed by atoms with Crippen LogP contribution in [0.4, 0.5) is 0 Å². The van der Waals surface area contributed by atoms with Gasteiger partial charge in [-0.1, -0.05) is 94.1 Å². The van der Waals surface area contributed by atoms with Crippen LogP contribution < -0.4 is 0 Å². The Balaban J connectivity index is 1.94. The smallest absolute Gasteiger partial charge is 0.336 e. The van der Waals surface area contributed by atoms with E-state index < -0.39 is 11.8 Å². The zero-order valence-electron chi connectivity index (χ0n) is 19.2. The third-order valence-electron chi connectivity index (χ3n) is 5.04. The monoisotopic (exact) mass is 414 g/mol. The van der Waals surface area contributed by atoms with Crippen molar-refractivity contribution in [2.75, 3.05) is 0 Å². The summed E-state index contributed by atoms with van der Waals surface area (Å²) in [5.41, 5.74) is 0.557. The van der Waals surface area contributed by atoms with Crippen molar-refractivity contribution >= 4 is 5.97 Å². The van der Waals surface area contributed by atoms with Gasteiger partial charge in [0, 0.05) is 12.5 Å². The highest BCUT2D eigenvalue weighted by molar-refractivity contribution is 5.91. The van der Waals surface area contributed by atoms with Gasteiger partial charge in [-0.15, -0.1) is 0 Å². The first-order chi connectivity index (χ1) is 14.5. The highest BCUT2D eigenvalue weighted by Crippen LogP contribution is 2.24. The first-order valence-corrected chi connectivity index (χ1v) is 11.8. The Morgan fingerprint density at radius 1 is 0.800 bits per heavy atom. The molecule has 0 aromatic carbocycles. The lowest BCUT2D eigenvalue weighted by Gasteiger charge is -2.11. The van der Waals surface area contributed by atoms with E-state index in [-0.39, 0.29) is 0 Å². The van der Waals surface area contributed by atoms with Gasteiger partial charge in [-0.3, -0.25) is 0 Å². The zero-order valence-corrected chi connectivity index (χ0v) is 19.2. The van der Waals surface area contributed by atoms with Crippen LogP contribution in [0.2, 0.25) is 0 Å². The van der Waals surface area contributed by atoms with Crippen molar-refractivity contribution in [3.63, 3.8) is 0 Å².